The van der Waals surface area contributed by atoms with Gasteiger partial charge in [0.25, 0.3) is 5.69 Å². The number of aryl methyl sites for hydroxylation is 2. The Morgan fingerprint density at radius 1 is 1.22 bits per heavy atom. The molecule has 2 aromatic rings. The predicted molar refractivity (Wildman–Crippen MR) is 68.0 cm³/mol. The van der Waals surface area contributed by atoms with Gasteiger partial charge >= 0.3 is 0 Å². The number of nitrogens with zero attached hydrogens (tertiary/aromatic N) is 1. The fraction of sp³-hybridized carbons (Fsp3) is 0.214. The van der Waals surface area contributed by atoms with E-state index < -0.39 is 0 Å². The lowest BCUT2D eigenvalue weighted by atomic mass is 9.97. The zero-order chi connectivity index (χ0) is 12.9. The number of nitro groups is 1. The van der Waals surface area contributed by atoms with E-state index in [-0.39, 0.29) is 16.4 Å². The second-order valence-corrected chi connectivity index (χ2v) is 4.57. The van der Waals surface area contributed by atoms with Crippen molar-refractivity contribution in [2.24, 2.45) is 0 Å². The van der Waals surface area contributed by atoms with E-state index in [0.29, 0.717) is 10.9 Å². The van der Waals surface area contributed by atoms with E-state index in [4.69, 9.17) is 0 Å². The maximum absolute atomic E-state index is 11.6. The van der Waals surface area contributed by atoms with Crippen LogP contribution >= 0.6 is 0 Å². The van der Waals surface area contributed by atoms with Crippen LogP contribution in [0.4, 0.5) is 5.69 Å². The maximum atomic E-state index is 11.6. The van der Waals surface area contributed by atoms with Gasteiger partial charge < -0.3 is 0 Å². The molecule has 0 fully saturated rings. The molecule has 0 spiro atoms. The van der Waals surface area contributed by atoms with Crippen molar-refractivity contribution in [3.8, 4) is 0 Å². The third kappa shape index (κ3) is 1.35. The minimum Gasteiger partial charge on any atom is -0.295 e. The minimum atomic E-state index is -0.366. The van der Waals surface area contributed by atoms with Crippen LogP contribution in [0.2, 0.25) is 0 Å². The van der Waals surface area contributed by atoms with Crippen LogP contribution < -0.4 is 0 Å². The SMILES string of the molecule is CC(=O)c1ccc2c([N+](=O)[O-])ccc3c2c1CC3. The van der Waals surface area contributed by atoms with E-state index in [1.165, 1.54) is 6.92 Å². The Morgan fingerprint density at radius 2 is 2.00 bits per heavy atom. The number of ketones is 1. The number of carbonyl (C=O) groups is 1. The number of rotatable bonds is 2. The predicted octanol–water partition coefficient (Wildman–Crippen LogP) is 3.05. The lowest BCUT2D eigenvalue weighted by Crippen LogP contribution is -1.98. The fourth-order valence-corrected chi connectivity index (χ4v) is 2.80. The molecule has 0 atom stereocenters. The van der Waals surface area contributed by atoms with Crippen LogP contribution in [0.25, 0.3) is 10.8 Å². The van der Waals surface area contributed by atoms with Crippen LogP contribution in [0, 0.1) is 10.1 Å². The standard InChI is InChI=1S/C14H11NO3/c1-8(16)10-5-6-12-13(15(17)18)7-3-9-2-4-11(10)14(9)12/h3,5-7H,2,4H2,1H3. The molecule has 0 bridgehead atoms. The molecule has 2 aromatic carbocycles. The molecule has 4 nitrogen and oxygen atoms in total. The second-order valence-electron chi connectivity index (χ2n) is 4.57. The van der Waals surface area contributed by atoms with Crippen LogP contribution in [0.1, 0.15) is 28.4 Å². The highest BCUT2D eigenvalue weighted by Crippen LogP contribution is 2.37. The highest BCUT2D eigenvalue weighted by Gasteiger charge is 2.23. The first-order valence-electron chi connectivity index (χ1n) is 5.82. The first-order valence-corrected chi connectivity index (χ1v) is 5.82. The van der Waals surface area contributed by atoms with Crippen molar-refractivity contribution in [3.05, 3.63) is 51.1 Å². The van der Waals surface area contributed by atoms with Crippen molar-refractivity contribution in [2.75, 3.05) is 0 Å². The highest BCUT2D eigenvalue weighted by atomic mass is 16.6. The van der Waals surface area contributed by atoms with E-state index in [1.807, 2.05) is 0 Å². The van der Waals surface area contributed by atoms with Crippen molar-refractivity contribution >= 4 is 22.2 Å². The third-order valence-corrected chi connectivity index (χ3v) is 3.57. The van der Waals surface area contributed by atoms with Gasteiger partial charge in [0.2, 0.25) is 0 Å². The average Bonchev–Trinajstić information content (AvgIpc) is 2.75. The van der Waals surface area contributed by atoms with Gasteiger partial charge in [0, 0.05) is 11.6 Å². The Labute approximate surface area is 103 Å². The molecule has 1 aliphatic rings. The van der Waals surface area contributed by atoms with E-state index in [0.717, 1.165) is 29.4 Å². The quantitative estimate of drug-likeness (QED) is 0.461. The van der Waals surface area contributed by atoms with Crippen LogP contribution in [0.15, 0.2) is 24.3 Å². The molecule has 1 aliphatic carbocycles. The van der Waals surface area contributed by atoms with Gasteiger partial charge in [-0.1, -0.05) is 12.1 Å². The number of Topliss-reactive ketones (excluding diaryl/α,β-unsaturated/α-hetero) is 1. The van der Waals surface area contributed by atoms with Crippen molar-refractivity contribution < 1.29 is 9.72 Å². The summed E-state index contributed by atoms with van der Waals surface area (Å²) in [4.78, 5) is 22.2. The van der Waals surface area contributed by atoms with Crippen molar-refractivity contribution in [1.82, 2.24) is 0 Å². The third-order valence-electron chi connectivity index (χ3n) is 3.57. The van der Waals surface area contributed by atoms with Gasteiger partial charge in [-0.2, -0.15) is 0 Å². The van der Waals surface area contributed by atoms with E-state index >= 15 is 0 Å². The first-order chi connectivity index (χ1) is 8.59. The maximum Gasteiger partial charge on any atom is 0.277 e. The van der Waals surface area contributed by atoms with Gasteiger partial charge in [-0.15, -0.1) is 0 Å². The van der Waals surface area contributed by atoms with Gasteiger partial charge in [-0.3, -0.25) is 14.9 Å². The van der Waals surface area contributed by atoms with Gasteiger partial charge in [-0.25, -0.2) is 0 Å². The Balaban J connectivity index is 2.44. The van der Waals surface area contributed by atoms with Crippen LogP contribution in [-0.4, -0.2) is 10.7 Å². The molecule has 0 N–H and O–H groups in total. The van der Waals surface area contributed by atoms with Gasteiger partial charge in [-0.05, 0) is 42.3 Å². The van der Waals surface area contributed by atoms with Crippen molar-refractivity contribution in [1.29, 1.82) is 0 Å². The summed E-state index contributed by atoms with van der Waals surface area (Å²) in [6, 6.07) is 6.77. The molecule has 18 heavy (non-hydrogen) atoms. The first kappa shape index (κ1) is 10.9. The summed E-state index contributed by atoms with van der Waals surface area (Å²) in [5.74, 6) is 0.0197. The number of carbonyl (C=O) groups excluding carboxylic acids is 1. The fourth-order valence-electron chi connectivity index (χ4n) is 2.80. The van der Waals surface area contributed by atoms with E-state index in [9.17, 15) is 14.9 Å². The number of hydrogen-bond donors (Lipinski definition) is 0. The summed E-state index contributed by atoms with van der Waals surface area (Å²) >= 11 is 0. The molecule has 0 radical (unpaired) electrons. The topological polar surface area (TPSA) is 60.2 Å². The van der Waals surface area contributed by atoms with Gasteiger partial charge in [0.1, 0.15) is 0 Å². The molecule has 0 saturated heterocycles. The van der Waals surface area contributed by atoms with Gasteiger partial charge in [0.15, 0.2) is 5.78 Å². The molecule has 0 aromatic heterocycles. The Hall–Kier alpha value is -2.23. The largest absolute Gasteiger partial charge is 0.295 e. The summed E-state index contributed by atoms with van der Waals surface area (Å²) in [6.45, 7) is 1.53. The Kier molecular flexibility index (Phi) is 2.20. The van der Waals surface area contributed by atoms with Crippen LogP contribution in [0.5, 0.6) is 0 Å². The molecule has 0 saturated carbocycles. The van der Waals surface area contributed by atoms with Crippen LogP contribution in [0.3, 0.4) is 0 Å². The average molecular weight is 241 g/mol. The number of non-ortho nitro benzene ring substituents is 1. The zero-order valence-corrected chi connectivity index (χ0v) is 9.90. The second kappa shape index (κ2) is 3.63. The minimum absolute atomic E-state index is 0.0197. The van der Waals surface area contributed by atoms with E-state index in [2.05, 4.69) is 0 Å². The molecule has 4 heteroatoms. The lowest BCUT2D eigenvalue weighted by Gasteiger charge is -2.06. The zero-order valence-electron chi connectivity index (χ0n) is 9.90. The highest BCUT2D eigenvalue weighted by molar-refractivity contribution is 6.05. The van der Waals surface area contributed by atoms with Crippen LogP contribution in [-0.2, 0) is 12.8 Å². The molecule has 0 aliphatic heterocycles. The summed E-state index contributed by atoms with van der Waals surface area (Å²) in [5.41, 5.74) is 2.89. The molecule has 0 heterocycles. The lowest BCUT2D eigenvalue weighted by molar-refractivity contribution is -0.383. The van der Waals surface area contributed by atoms with Crippen molar-refractivity contribution in [2.45, 2.75) is 19.8 Å². The summed E-state index contributed by atoms with van der Waals surface area (Å²) in [6.07, 6.45) is 1.65. The van der Waals surface area contributed by atoms with Crippen molar-refractivity contribution in [3.63, 3.8) is 0 Å². The van der Waals surface area contributed by atoms with Gasteiger partial charge in [0.05, 0.1) is 10.3 Å². The monoisotopic (exact) mass is 241 g/mol. The molecular formula is C14H11NO3. The Morgan fingerprint density at radius 3 is 2.67 bits per heavy atom. The Bertz CT molecular complexity index is 704. The summed E-state index contributed by atoms with van der Waals surface area (Å²) < 4.78 is 0. The smallest absolute Gasteiger partial charge is 0.277 e. The molecule has 3 rings (SSSR count). The normalized spacial score (nSPS) is 12.9. The number of hydrogen-bond acceptors (Lipinski definition) is 3. The van der Waals surface area contributed by atoms with E-state index in [1.54, 1.807) is 24.3 Å². The molecule has 0 unspecified atom stereocenters. The summed E-state index contributed by atoms with van der Waals surface area (Å²) in [5, 5.41) is 12.6. The molecule has 90 valence electrons. The molecular weight excluding hydrogens is 230 g/mol. The molecule has 0 amide bonds. The summed E-state index contributed by atoms with van der Waals surface area (Å²) in [7, 11) is 0. The number of benzene rings is 2. The number of nitro benzene ring substituents is 1.